The van der Waals surface area contributed by atoms with E-state index < -0.39 is 0 Å². The Labute approximate surface area is 79.7 Å². The Morgan fingerprint density at radius 1 is 1.46 bits per heavy atom. The highest BCUT2D eigenvalue weighted by atomic mass is 35.5. The number of nitrogens with zero attached hydrogens (tertiary/aromatic N) is 2. The first-order valence-electron chi connectivity index (χ1n) is 4.26. The summed E-state index contributed by atoms with van der Waals surface area (Å²) in [4.78, 5) is 4.06. The molecule has 0 radical (unpaired) electrons. The molecule has 0 N–H and O–H groups in total. The number of hydrogen-bond acceptors (Lipinski definition) is 3. The second-order valence-electron chi connectivity index (χ2n) is 3.32. The van der Waals surface area contributed by atoms with E-state index in [4.69, 9.17) is 16.1 Å². The van der Waals surface area contributed by atoms with Gasteiger partial charge in [0.1, 0.15) is 0 Å². The summed E-state index contributed by atoms with van der Waals surface area (Å²) in [7, 11) is 0. The van der Waals surface area contributed by atoms with E-state index >= 15 is 0 Å². The molecule has 1 aliphatic rings. The second-order valence-corrected chi connectivity index (χ2v) is 3.72. The van der Waals surface area contributed by atoms with Gasteiger partial charge >= 0.3 is 0 Å². The molecule has 66 valence electrons. The highest BCUT2D eigenvalue weighted by Crippen LogP contribution is 2.43. The molecule has 1 aliphatic carbocycles. The molecule has 0 amide bonds. The lowest BCUT2D eigenvalue weighted by Crippen LogP contribution is -1.80. The van der Waals surface area contributed by atoms with E-state index in [1.807, 2.05) is 0 Å². The topological polar surface area (TPSA) is 38.9 Å². The number of halogens is 1. The molecule has 0 bridgehead atoms. The molecule has 0 aliphatic heterocycles. The van der Waals surface area contributed by atoms with E-state index in [9.17, 15) is 0 Å². The number of fused-ring (bicyclic) bond motifs is 1. The summed E-state index contributed by atoms with van der Waals surface area (Å²) >= 11 is 6.04. The standard InChI is InChI=1S/C9H7ClN2O/c10-6-3-4-11-9-7(6)8(12-13-9)5-1-2-5/h3-5H,1-2H2. The summed E-state index contributed by atoms with van der Waals surface area (Å²) in [6.07, 6.45) is 4.01. The third kappa shape index (κ3) is 1.04. The van der Waals surface area contributed by atoms with Gasteiger partial charge in [-0.15, -0.1) is 0 Å². The Hall–Kier alpha value is -1.09. The lowest BCUT2D eigenvalue weighted by molar-refractivity contribution is 0.439. The Balaban J connectivity index is 2.34. The van der Waals surface area contributed by atoms with Gasteiger partial charge in [-0.3, -0.25) is 0 Å². The zero-order valence-corrected chi connectivity index (χ0v) is 7.58. The van der Waals surface area contributed by atoms with Crippen molar-refractivity contribution in [2.45, 2.75) is 18.8 Å². The van der Waals surface area contributed by atoms with Crippen molar-refractivity contribution in [3.8, 4) is 0 Å². The third-order valence-electron chi connectivity index (χ3n) is 2.32. The summed E-state index contributed by atoms with van der Waals surface area (Å²) in [5.41, 5.74) is 1.53. The van der Waals surface area contributed by atoms with Crippen LogP contribution in [0.15, 0.2) is 16.8 Å². The Morgan fingerprint density at radius 2 is 2.31 bits per heavy atom. The molecule has 0 saturated heterocycles. The minimum absolute atomic E-state index is 0.544. The lowest BCUT2D eigenvalue weighted by Gasteiger charge is -1.92. The average Bonchev–Trinajstić information content (AvgIpc) is 2.87. The van der Waals surface area contributed by atoms with Crippen molar-refractivity contribution in [3.63, 3.8) is 0 Å². The molecule has 13 heavy (non-hydrogen) atoms. The maximum atomic E-state index is 6.04. The number of aromatic nitrogens is 2. The first-order chi connectivity index (χ1) is 6.36. The van der Waals surface area contributed by atoms with Crippen molar-refractivity contribution < 1.29 is 4.52 Å². The van der Waals surface area contributed by atoms with Gasteiger partial charge in [0, 0.05) is 12.1 Å². The first-order valence-corrected chi connectivity index (χ1v) is 4.64. The van der Waals surface area contributed by atoms with Gasteiger partial charge in [0.15, 0.2) is 0 Å². The van der Waals surface area contributed by atoms with Crippen LogP contribution in [-0.4, -0.2) is 10.1 Å². The van der Waals surface area contributed by atoms with E-state index in [1.165, 1.54) is 12.8 Å². The van der Waals surface area contributed by atoms with Crippen molar-refractivity contribution in [1.29, 1.82) is 0 Å². The molecular formula is C9H7ClN2O. The molecule has 2 aromatic heterocycles. The van der Waals surface area contributed by atoms with Gasteiger partial charge in [-0.25, -0.2) is 4.98 Å². The van der Waals surface area contributed by atoms with Gasteiger partial charge in [0.25, 0.3) is 5.71 Å². The summed E-state index contributed by atoms with van der Waals surface area (Å²) < 4.78 is 5.09. The van der Waals surface area contributed by atoms with Gasteiger partial charge in [-0.2, -0.15) is 0 Å². The fraction of sp³-hybridized carbons (Fsp3) is 0.333. The molecule has 0 atom stereocenters. The Kier molecular flexibility index (Phi) is 1.38. The number of rotatable bonds is 1. The van der Waals surface area contributed by atoms with Gasteiger partial charge in [0.05, 0.1) is 16.1 Å². The fourth-order valence-corrected chi connectivity index (χ4v) is 1.73. The smallest absolute Gasteiger partial charge is 0.259 e. The maximum Gasteiger partial charge on any atom is 0.259 e. The van der Waals surface area contributed by atoms with Crippen molar-refractivity contribution >= 4 is 22.7 Å². The van der Waals surface area contributed by atoms with Crippen LogP contribution in [0.4, 0.5) is 0 Å². The average molecular weight is 195 g/mol. The minimum atomic E-state index is 0.544. The van der Waals surface area contributed by atoms with Gasteiger partial charge < -0.3 is 4.52 Å². The summed E-state index contributed by atoms with van der Waals surface area (Å²) in [5.74, 6) is 0.544. The highest BCUT2D eigenvalue weighted by molar-refractivity contribution is 6.35. The van der Waals surface area contributed by atoms with E-state index in [0.29, 0.717) is 16.7 Å². The SMILES string of the molecule is Clc1ccnc2onc(C3CC3)c12. The van der Waals surface area contributed by atoms with Crippen LogP contribution < -0.4 is 0 Å². The Bertz CT molecular complexity index is 462. The zero-order chi connectivity index (χ0) is 8.84. The van der Waals surface area contributed by atoms with Gasteiger partial charge in [-0.1, -0.05) is 16.8 Å². The predicted octanol–water partition coefficient (Wildman–Crippen LogP) is 2.75. The molecular weight excluding hydrogens is 188 g/mol. The quantitative estimate of drug-likeness (QED) is 0.701. The summed E-state index contributed by atoms with van der Waals surface area (Å²) in [6.45, 7) is 0. The minimum Gasteiger partial charge on any atom is -0.335 e. The molecule has 2 aromatic rings. The Morgan fingerprint density at radius 3 is 3.08 bits per heavy atom. The second kappa shape index (κ2) is 2.45. The van der Waals surface area contributed by atoms with Crippen LogP contribution in [0.2, 0.25) is 5.02 Å². The highest BCUT2D eigenvalue weighted by Gasteiger charge is 2.30. The van der Waals surface area contributed by atoms with Gasteiger partial charge in [-0.05, 0) is 18.9 Å². The molecule has 2 heterocycles. The maximum absolute atomic E-state index is 6.04. The van der Waals surface area contributed by atoms with Crippen molar-refractivity contribution in [2.24, 2.45) is 0 Å². The van der Waals surface area contributed by atoms with Crippen LogP contribution in [0.3, 0.4) is 0 Å². The monoisotopic (exact) mass is 194 g/mol. The third-order valence-corrected chi connectivity index (χ3v) is 2.63. The number of hydrogen-bond donors (Lipinski definition) is 0. The van der Waals surface area contributed by atoms with Crippen LogP contribution >= 0.6 is 11.6 Å². The first kappa shape index (κ1) is 7.33. The predicted molar refractivity (Wildman–Crippen MR) is 48.8 cm³/mol. The molecule has 1 saturated carbocycles. The van der Waals surface area contributed by atoms with Gasteiger partial charge in [0.2, 0.25) is 0 Å². The van der Waals surface area contributed by atoms with E-state index in [0.717, 1.165) is 11.1 Å². The molecule has 0 unspecified atom stereocenters. The van der Waals surface area contributed by atoms with Crippen LogP contribution in [0.25, 0.3) is 11.1 Å². The van der Waals surface area contributed by atoms with Crippen molar-refractivity contribution in [2.75, 3.05) is 0 Å². The lowest BCUT2D eigenvalue weighted by atomic mass is 10.2. The van der Waals surface area contributed by atoms with Crippen LogP contribution in [0.5, 0.6) is 0 Å². The molecule has 1 fully saturated rings. The summed E-state index contributed by atoms with van der Waals surface area (Å²) in [5, 5.41) is 5.58. The van der Waals surface area contributed by atoms with E-state index in [2.05, 4.69) is 10.1 Å². The molecule has 0 spiro atoms. The van der Waals surface area contributed by atoms with Crippen LogP contribution in [0, 0.1) is 0 Å². The zero-order valence-electron chi connectivity index (χ0n) is 6.83. The number of pyridine rings is 1. The van der Waals surface area contributed by atoms with Crippen molar-refractivity contribution in [1.82, 2.24) is 10.1 Å². The molecule has 3 nitrogen and oxygen atoms in total. The fourth-order valence-electron chi connectivity index (χ4n) is 1.50. The van der Waals surface area contributed by atoms with Crippen molar-refractivity contribution in [3.05, 3.63) is 23.0 Å². The van der Waals surface area contributed by atoms with E-state index in [-0.39, 0.29) is 0 Å². The summed E-state index contributed by atoms with van der Waals surface area (Å²) in [6, 6.07) is 1.77. The van der Waals surface area contributed by atoms with Crippen LogP contribution in [-0.2, 0) is 0 Å². The van der Waals surface area contributed by atoms with Crippen LogP contribution in [0.1, 0.15) is 24.5 Å². The van der Waals surface area contributed by atoms with E-state index in [1.54, 1.807) is 12.3 Å². The largest absolute Gasteiger partial charge is 0.335 e. The molecule has 4 heteroatoms. The normalized spacial score (nSPS) is 16.7. The molecule has 0 aromatic carbocycles. The molecule has 3 rings (SSSR count).